The molecule has 108 valence electrons. The van der Waals surface area contributed by atoms with E-state index in [-0.39, 0.29) is 6.04 Å². The summed E-state index contributed by atoms with van der Waals surface area (Å²) in [6, 6.07) is 14.2. The van der Waals surface area contributed by atoms with E-state index < -0.39 is 0 Å². The molecule has 21 heavy (non-hydrogen) atoms. The quantitative estimate of drug-likeness (QED) is 0.625. The molecule has 1 N–H and O–H groups in total. The van der Waals surface area contributed by atoms with Crippen molar-refractivity contribution in [3.63, 3.8) is 0 Å². The Hall–Kier alpha value is -1.06. The summed E-state index contributed by atoms with van der Waals surface area (Å²) in [5.74, 6) is 0. The van der Waals surface area contributed by atoms with Gasteiger partial charge in [0.1, 0.15) is 0 Å². The van der Waals surface area contributed by atoms with Crippen LogP contribution in [-0.2, 0) is 0 Å². The van der Waals surface area contributed by atoms with E-state index in [1.807, 2.05) is 12.1 Å². The predicted molar refractivity (Wildman–Crippen MR) is 93.8 cm³/mol. The van der Waals surface area contributed by atoms with Gasteiger partial charge in [-0.2, -0.15) is 0 Å². The molecule has 1 aromatic heterocycles. The molecule has 0 aliphatic rings. The molecule has 0 fully saturated rings. The SMILES string of the molecule is CCNC(c1ccc(Cl)cc1Cl)c1csc2ccccc12. The highest BCUT2D eigenvalue weighted by atomic mass is 35.5. The van der Waals surface area contributed by atoms with Gasteiger partial charge in [0.05, 0.1) is 6.04 Å². The molecule has 1 nitrogen and oxygen atoms in total. The van der Waals surface area contributed by atoms with Crippen LogP contribution in [0.1, 0.15) is 24.1 Å². The van der Waals surface area contributed by atoms with Gasteiger partial charge in [-0.25, -0.2) is 0 Å². The summed E-state index contributed by atoms with van der Waals surface area (Å²) in [6.07, 6.45) is 0. The van der Waals surface area contributed by atoms with E-state index >= 15 is 0 Å². The molecule has 1 unspecified atom stereocenters. The lowest BCUT2D eigenvalue weighted by molar-refractivity contribution is 0.636. The van der Waals surface area contributed by atoms with Crippen LogP contribution in [0.2, 0.25) is 10.0 Å². The van der Waals surface area contributed by atoms with Crippen molar-refractivity contribution in [3.8, 4) is 0 Å². The van der Waals surface area contributed by atoms with Crippen LogP contribution in [0.4, 0.5) is 0 Å². The number of hydrogen-bond donors (Lipinski definition) is 1. The fraction of sp³-hybridized carbons (Fsp3) is 0.176. The van der Waals surface area contributed by atoms with Crippen molar-refractivity contribution < 1.29 is 0 Å². The van der Waals surface area contributed by atoms with Gasteiger partial charge in [0.15, 0.2) is 0 Å². The summed E-state index contributed by atoms with van der Waals surface area (Å²) < 4.78 is 1.29. The van der Waals surface area contributed by atoms with Gasteiger partial charge in [-0.1, -0.05) is 54.4 Å². The maximum Gasteiger partial charge on any atom is 0.0605 e. The van der Waals surface area contributed by atoms with Crippen LogP contribution in [-0.4, -0.2) is 6.54 Å². The lowest BCUT2D eigenvalue weighted by Gasteiger charge is -2.19. The minimum atomic E-state index is 0.0796. The fourth-order valence-corrected chi connectivity index (χ4v) is 4.05. The van der Waals surface area contributed by atoms with Crippen molar-refractivity contribution in [2.75, 3.05) is 6.54 Å². The minimum Gasteiger partial charge on any atom is -0.306 e. The Bertz CT molecular complexity index is 766. The van der Waals surface area contributed by atoms with Crippen LogP contribution in [0.3, 0.4) is 0 Å². The molecule has 0 radical (unpaired) electrons. The number of nitrogens with one attached hydrogen (secondary N) is 1. The molecule has 1 atom stereocenters. The fourth-order valence-electron chi connectivity index (χ4n) is 2.55. The number of thiophene rings is 1. The van der Waals surface area contributed by atoms with Gasteiger partial charge in [-0.3, -0.25) is 0 Å². The highest BCUT2D eigenvalue weighted by molar-refractivity contribution is 7.17. The van der Waals surface area contributed by atoms with Crippen LogP contribution in [0.5, 0.6) is 0 Å². The first-order chi connectivity index (χ1) is 10.2. The maximum atomic E-state index is 6.41. The first-order valence-corrected chi connectivity index (χ1v) is 8.48. The molecular weight excluding hydrogens is 321 g/mol. The molecular formula is C17H15Cl2NS. The first kappa shape index (κ1) is 14.9. The van der Waals surface area contributed by atoms with E-state index in [1.165, 1.54) is 15.6 Å². The van der Waals surface area contributed by atoms with Gasteiger partial charge < -0.3 is 5.32 Å². The lowest BCUT2D eigenvalue weighted by Crippen LogP contribution is -2.22. The van der Waals surface area contributed by atoms with E-state index in [0.29, 0.717) is 10.0 Å². The van der Waals surface area contributed by atoms with Crippen LogP contribution in [0, 0.1) is 0 Å². The Balaban J connectivity index is 2.13. The number of rotatable bonds is 4. The third-order valence-electron chi connectivity index (χ3n) is 3.50. The highest BCUT2D eigenvalue weighted by Gasteiger charge is 2.19. The topological polar surface area (TPSA) is 12.0 Å². The summed E-state index contributed by atoms with van der Waals surface area (Å²) in [5.41, 5.74) is 2.33. The summed E-state index contributed by atoms with van der Waals surface area (Å²) in [6.45, 7) is 2.97. The molecule has 0 amide bonds. The van der Waals surface area contributed by atoms with Crippen LogP contribution >= 0.6 is 34.5 Å². The van der Waals surface area contributed by atoms with Gasteiger partial charge in [-0.15, -0.1) is 11.3 Å². The van der Waals surface area contributed by atoms with Crippen molar-refractivity contribution in [3.05, 3.63) is 69.0 Å². The molecule has 0 aliphatic carbocycles. The van der Waals surface area contributed by atoms with Gasteiger partial charge >= 0.3 is 0 Å². The molecule has 3 aromatic rings. The third-order valence-corrected chi connectivity index (χ3v) is 5.05. The zero-order chi connectivity index (χ0) is 14.8. The summed E-state index contributed by atoms with van der Waals surface area (Å²) in [4.78, 5) is 0. The number of hydrogen-bond acceptors (Lipinski definition) is 2. The van der Waals surface area contributed by atoms with Gasteiger partial charge in [0.2, 0.25) is 0 Å². The Kier molecular flexibility index (Phi) is 4.51. The Morgan fingerprint density at radius 1 is 1.10 bits per heavy atom. The molecule has 0 bridgehead atoms. The van der Waals surface area contributed by atoms with E-state index in [0.717, 1.165) is 12.1 Å². The lowest BCUT2D eigenvalue weighted by atomic mass is 9.98. The highest BCUT2D eigenvalue weighted by Crippen LogP contribution is 2.36. The van der Waals surface area contributed by atoms with Crippen molar-refractivity contribution in [1.29, 1.82) is 0 Å². The van der Waals surface area contributed by atoms with Crippen molar-refractivity contribution in [1.82, 2.24) is 5.32 Å². The molecule has 2 aromatic carbocycles. The van der Waals surface area contributed by atoms with E-state index in [2.05, 4.69) is 41.9 Å². The largest absolute Gasteiger partial charge is 0.306 e. The van der Waals surface area contributed by atoms with Gasteiger partial charge in [-0.05, 0) is 46.6 Å². The summed E-state index contributed by atoms with van der Waals surface area (Å²) in [7, 11) is 0. The average Bonchev–Trinajstić information content (AvgIpc) is 2.89. The van der Waals surface area contributed by atoms with Crippen LogP contribution in [0.25, 0.3) is 10.1 Å². The number of fused-ring (bicyclic) bond motifs is 1. The average molecular weight is 336 g/mol. The number of benzene rings is 2. The maximum absolute atomic E-state index is 6.41. The number of halogens is 2. The summed E-state index contributed by atoms with van der Waals surface area (Å²) >= 11 is 14.2. The van der Waals surface area contributed by atoms with Gasteiger partial charge in [0.25, 0.3) is 0 Å². The molecule has 0 aliphatic heterocycles. The molecule has 0 spiro atoms. The normalized spacial score (nSPS) is 12.7. The van der Waals surface area contributed by atoms with Crippen molar-refractivity contribution in [2.45, 2.75) is 13.0 Å². The zero-order valence-corrected chi connectivity index (χ0v) is 13.9. The van der Waals surface area contributed by atoms with Crippen molar-refractivity contribution in [2.24, 2.45) is 0 Å². The van der Waals surface area contributed by atoms with E-state index in [4.69, 9.17) is 23.2 Å². The predicted octanol–water partition coefficient (Wildman–Crippen LogP) is 5.91. The first-order valence-electron chi connectivity index (χ1n) is 6.85. The Labute approximate surface area is 138 Å². The molecule has 3 rings (SSSR count). The van der Waals surface area contributed by atoms with Gasteiger partial charge in [0, 0.05) is 14.7 Å². The van der Waals surface area contributed by atoms with Crippen molar-refractivity contribution >= 4 is 44.6 Å². The second kappa shape index (κ2) is 6.37. The summed E-state index contributed by atoms with van der Waals surface area (Å²) in [5, 5.41) is 8.38. The Morgan fingerprint density at radius 2 is 1.90 bits per heavy atom. The third kappa shape index (κ3) is 2.95. The van der Waals surface area contributed by atoms with Crippen LogP contribution in [0.15, 0.2) is 47.8 Å². The molecule has 0 saturated heterocycles. The smallest absolute Gasteiger partial charge is 0.0605 e. The van der Waals surface area contributed by atoms with E-state index in [1.54, 1.807) is 17.4 Å². The van der Waals surface area contributed by atoms with Crippen LogP contribution < -0.4 is 5.32 Å². The zero-order valence-electron chi connectivity index (χ0n) is 11.6. The second-order valence-electron chi connectivity index (χ2n) is 4.84. The monoisotopic (exact) mass is 335 g/mol. The molecule has 0 saturated carbocycles. The standard InChI is InChI=1S/C17H15Cl2NS/c1-2-20-17(13-8-7-11(18)9-15(13)19)14-10-21-16-6-4-3-5-12(14)16/h3-10,17,20H,2H2,1H3. The van der Waals surface area contributed by atoms with E-state index in [9.17, 15) is 0 Å². The molecule has 4 heteroatoms. The Morgan fingerprint density at radius 3 is 2.67 bits per heavy atom. The second-order valence-corrected chi connectivity index (χ2v) is 6.60. The molecule has 1 heterocycles. The minimum absolute atomic E-state index is 0.0796.